The summed E-state index contributed by atoms with van der Waals surface area (Å²) in [5.74, 6) is -2.10. The smallest absolute Gasteiger partial charge is 0.308 e. The lowest BCUT2D eigenvalue weighted by Gasteiger charge is -2.21. The molecule has 7 heteroatoms. The van der Waals surface area contributed by atoms with E-state index >= 15 is 0 Å². The SMILES string of the molecule is CC(=O)NC(CC(=O)N1CC(C(=O)O)C(c2ccccc2)C1)c1cccs1. The van der Waals surface area contributed by atoms with Crippen molar-refractivity contribution in [2.45, 2.75) is 25.3 Å². The van der Waals surface area contributed by atoms with E-state index in [2.05, 4.69) is 5.32 Å². The Morgan fingerprint density at radius 1 is 1.19 bits per heavy atom. The first kappa shape index (κ1) is 19.1. The van der Waals surface area contributed by atoms with Gasteiger partial charge in [0.05, 0.1) is 18.4 Å². The Hall–Kier alpha value is -2.67. The Morgan fingerprint density at radius 2 is 1.93 bits per heavy atom. The molecule has 3 rings (SSSR count). The molecule has 0 aliphatic carbocycles. The lowest BCUT2D eigenvalue weighted by atomic mass is 9.89. The second-order valence-electron chi connectivity index (χ2n) is 6.73. The van der Waals surface area contributed by atoms with Crippen LogP contribution < -0.4 is 5.32 Å². The molecule has 0 bridgehead atoms. The van der Waals surface area contributed by atoms with E-state index in [1.165, 1.54) is 18.3 Å². The molecular formula is C20H22N2O4S. The second kappa shape index (κ2) is 8.35. The Bertz CT molecular complexity index is 807. The van der Waals surface area contributed by atoms with Crippen LogP contribution in [0.4, 0.5) is 0 Å². The fourth-order valence-electron chi connectivity index (χ4n) is 3.56. The molecule has 6 nitrogen and oxygen atoms in total. The van der Waals surface area contributed by atoms with Gasteiger partial charge in [0, 0.05) is 30.8 Å². The molecule has 2 heterocycles. The van der Waals surface area contributed by atoms with Gasteiger partial charge in [0.25, 0.3) is 0 Å². The number of carboxylic acid groups (broad SMARTS) is 1. The highest BCUT2D eigenvalue weighted by atomic mass is 32.1. The normalized spacial score (nSPS) is 20.3. The summed E-state index contributed by atoms with van der Waals surface area (Å²) in [5, 5.41) is 14.3. The monoisotopic (exact) mass is 386 g/mol. The minimum Gasteiger partial charge on any atom is -0.481 e. The van der Waals surface area contributed by atoms with Gasteiger partial charge in [-0.15, -0.1) is 11.3 Å². The van der Waals surface area contributed by atoms with Crippen molar-refractivity contribution in [2.24, 2.45) is 5.92 Å². The molecule has 142 valence electrons. The first-order valence-corrected chi connectivity index (χ1v) is 9.69. The first-order valence-electron chi connectivity index (χ1n) is 8.81. The quantitative estimate of drug-likeness (QED) is 0.799. The Labute approximate surface area is 161 Å². The zero-order valence-corrected chi connectivity index (χ0v) is 15.8. The topological polar surface area (TPSA) is 86.7 Å². The minimum absolute atomic E-state index is 0.119. The molecule has 3 atom stereocenters. The number of carboxylic acids is 1. The lowest BCUT2D eigenvalue weighted by Crippen LogP contribution is -2.35. The first-order chi connectivity index (χ1) is 13.0. The molecule has 3 unspecified atom stereocenters. The van der Waals surface area contributed by atoms with Gasteiger partial charge in [-0.05, 0) is 17.0 Å². The van der Waals surface area contributed by atoms with Crippen LogP contribution in [0.1, 0.15) is 35.7 Å². The van der Waals surface area contributed by atoms with Crippen molar-refractivity contribution in [3.05, 3.63) is 58.3 Å². The minimum atomic E-state index is -0.893. The predicted molar refractivity (Wildman–Crippen MR) is 102 cm³/mol. The average molecular weight is 386 g/mol. The van der Waals surface area contributed by atoms with Crippen molar-refractivity contribution in [1.82, 2.24) is 10.2 Å². The number of aliphatic carboxylic acids is 1. The van der Waals surface area contributed by atoms with E-state index in [1.54, 1.807) is 4.90 Å². The molecule has 2 N–H and O–H groups in total. The van der Waals surface area contributed by atoms with Gasteiger partial charge < -0.3 is 15.3 Å². The van der Waals surface area contributed by atoms with Crippen LogP contribution in [-0.2, 0) is 14.4 Å². The fourth-order valence-corrected chi connectivity index (χ4v) is 4.33. The molecule has 1 saturated heterocycles. The number of amides is 2. The summed E-state index contributed by atoms with van der Waals surface area (Å²) in [7, 11) is 0. The van der Waals surface area contributed by atoms with Gasteiger partial charge >= 0.3 is 5.97 Å². The molecule has 1 fully saturated rings. The van der Waals surface area contributed by atoms with E-state index < -0.39 is 17.9 Å². The van der Waals surface area contributed by atoms with Crippen LogP contribution in [0.15, 0.2) is 47.8 Å². The van der Waals surface area contributed by atoms with Crippen LogP contribution in [0, 0.1) is 5.92 Å². The van der Waals surface area contributed by atoms with E-state index in [9.17, 15) is 19.5 Å². The summed E-state index contributed by atoms with van der Waals surface area (Å²) in [6.45, 7) is 1.98. The number of carbonyl (C=O) groups excluding carboxylic acids is 2. The fraction of sp³-hybridized carbons (Fsp3) is 0.350. The number of likely N-dealkylation sites (tertiary alicyclic amines) is 1. The Kier molecular flexibility index (Phi) is 5.91. The van der Waals surface area contributed by atoms with Crippen molar-refractivity contribution >= 4 is 29.1 Å². The largest absolute Gasteiger partial charge is 0.481 e. The van der Waals surface area contributed by atoms with Crippen molar-refractivity contribution in [2.75, 3.05) is 13.1 Å². The van der Waals surface area contributed by atoms with Gasteiger partial charge in [0.15, 0.2) is 0 Å². The van der Waals surface area contributed by atoms with E-state index in [0.717, 1.165) is 10.4 Å². The van der Waals surface area contributed by atoms with Gasteiger partial charge in [-0.3, -0.25) is 14.4 Å². The van der Waals surface area contributed by atoms with Gasteiger partial charge in [-0.1, -0.05) is 36.4 Å². The van der Waals surface area contributed by atoms with Crippen LogP contribution >= 0.6 is 11.3 Å². The standard InChI is InChI=1S/C20H22N2O4S/c1-13(23)21-17(18-8-5-9-27-18)10-19(24)22-11-15(16(12-22)20(25)26)14-6-3-2-4-7-14/h2-9,15-17H,10-12H2,1H3,(H,21,23)(H,25,26). The highest BCUT2D eigenvalue weighted by molar-refractivity contribution is 7.10. The van der Waals surface area contributed by atoms with Gasteiger partial charge in [-0.2, -0.15) is 0 Å². The Morgan fingerprint density at radius 3 is 2.52 bits per heavy atom. The van der Waals surface area contributed by atoms with Crippen molar-refractivity contribution in [1.29, 1.82) is 0 Å². The van der Waals surface area contributed by atoms with Crippen LogP contribution in [0.3, 0.4) is 0 Å². The molecule has 2 amide bonds. The number of benzene rings is 1. The summed E-state index contributed by atoms with van der Waals surface area (Å²) in [6, 6.07) is 12.8. The molecular weight excluding hydrogens is 364 g/mol. The maximum Gasteiger partial charge on any atom is 0.308 e. The van der Waals surface area contributed by atoms with E-state index in [0.29, 0.717) is 6.54 Å². The number of nitrogens with one attached hydrogen (secondary N) is 1. The summed E-state index contributed by atoms with van der Waals surface area (Å²) in [6.07, 6.45) is 0.119. The second-order valence-corrected chi connectivity index (χ2v) is 7.71. The number of hydrogen-bond donors (Lipinski definition) is 2. The zero-order valence-electron chi connectivity index (χ0n) is 15.0. The molecule has 0 spiro atoms. The number of hydrogen-bond acceptors (Lipinski definition) is 4. The lowest BCUT2D eigenvalue weighted by molar-refractivity contribution is -0.141. The molecule has 1 aliphatic heterocycles. The highest BCUT2D eigenvalue weighted by Crippen LogP contribution is 2.34. The molecule has 1 aromatic heterocycles. The van der Waals surface area contributed by atoms with Gasteiger partial charge in [0.2, 0.25) is 11.8 Å². The number of rotatable bonds is 6. The molecule has 2 aromatic rings. The van der Waals surface area contributed by atoms with Crippen LogP contribution in [0.5, 0.6) is 0 Å². The van der Waals surface area contributed by atoms with E-state index in [4.69, 9.17) is 0 Å². The zero-order chi connectivity index (χ0) is 19.4. The molecule has 1 aliphatic rings. The number of thiophene rings is 1. The van der Waals surface area contributed by atoms with Crippen LogP contribution in [-0.4, -0.2) is 40.9 Å². The van der Waals surface area contributed by atoms with Crippen LogP contribution in [0.2, 0.25) is 0 Å². The third-order valence-corrected chi connectivity index (χ3v) is 5.85. The summed E-state index contributed by atoms with van der Waals surface area (Å²) >= 11 is 1.48. The van der Waals surface area contributed by atoms with Crippen LogP contribution in [0.25, 0.3) is 0 Å². The summed E-state index contributed by atoms with van der Waals surface area (Å²) in [5.41, 5.74) is 0.928. The maximum absolute atomic E-state index is 12.9. The van der Waals surface area contributed by atoms with E-state index in [-0.39, 0.29) is 30.7 Å². The summed E-state index contributed by atoms with van der Waals surface area (Å²) in [4.78, 5) is 38.6. The van der Waals surface area contributed by atoms with Crippen molar-refractivity contribution < 1.29 is 19.5 Å². The molecule has 1 aromatic carbocycles. The third kappa shape index (κ3) is 4.54. The van der Waals surface area contributed by atoms with Gasteiger partial charge in [0.1, 0.15) is 0 Å². The molecule has 0 radical (unpaired) electrons. The highest BCUT2D eigenvalue weighted by Gasteiger charge is 2.40. The third-order valence-electron chi connectivity index (χ3n) is 4.86. The van der Waals surface area contributed by atoms with E-state index in [1.807, 2.05) is 47.8 Å². The molecule has 27 heavy (non-hydrogen) atoms. The summed E-state index contributed by atoms with van der Waals surface area (Å²) < 4.78 is 0. The number of nitrogens with zero attached hydrogens (tertiary/aromatic N) is 1. The molecule has 0 saturated carbocycles. The van der Waals surface area contributed by atoms with Crippen molar-refractivity contribution in [3.8, 4) is 0 Å². The van der Waals surface area contributed by atoms with Gasteiger partial charge in [-0.25, -0.2) is 0 Å². The predicted octanol–water partition coefficient (Wildman–Crippen LogP) is 2.64. The average Bonchev–Trinajstić information content (AvgIpc) is 3.31. The Balaban J connectivity index is 1.74. The number of carbonyl (C=O) groups is 3. The van der Waals surface area contributed by atoms with Crippen molar-refractivity contribution in [3.63, 3.8) is 0 Å². The maximum atomic E-state index is 12.9.